The van der Waals surface area contributed by atoms with Crippen molar-refractivity contribution in [2.75, 3.05) is 24.3 Å². The van der Waals surface area contributed by atoms with Gasteiger partial charge in [-0.25, -0.2) is 13.4 Å². The number of aromatic nitrogens is 3. The van der Waals surface area contributed by atoms with E-state index in [1.165, 1.54) is 55.9 Å². The van der Waals surface area contributed by atoms with Crippen molar-refractivity contribution in [1.29, 1.82) is 0 Å². The second-order valence-corrected chi connectivity index (χ2v) is 9.42. The Morgan fingerprint density at radius 2 is 1.75 bits per heavy atom. The number of thiazole rings is 1. The summed E-state index contributed by atoms with van der Waals surface area (Å²) in [5, 5.41) is 16.4. The highest BCUT2D eigenvalue weighted by Gasteiger charge is 2.17. The smallest absolute Gasteiger partial charge is 0.321 e. The fourth-order valence-electron chi connectivity index (χ4n) is 2.93. The van der Waals surface area contributed by atoms with E-state index in [0.717, 1.165) is 0 Å². The van der Waals surface area contributed by atoms with Crippen LogP contribution in [0.5, 0.6) is 11.9 Å². The topological polar surface area (TPSA) is 158 Å². The molecule has 0 fully saturated rings. The molecule has 2 aromatic carbocycles. The predicted octanol–water partition coefficient (Wildman–Crippen LogP) is 1.07. The number of anilines is 3. The number of hydrogen-bond donors (Lipinski definition) is 2. The Bertz CT molecular complexity index is 1460. The molecular formula is C21H18BrN6O6S2-. The summed E-state index contributed by atoms with van der Waals surface area (Å²) >= 11 is 1.31. The first-order chi connectivity index (χ1) is 16.8. The Balaban J connectivity index is 0.00000361. The molecular weight excluding hydrogens is 576 g/mol. The van der Waals surface area contributed by atoms with Gasteiger partial charge in [0.2, 0.25) is 5.88 Å². The number of rotatable bonds is 9. The van der Waals surface area contributed by atoms with Gasteiger partial charge in [0.15, 0.2) is 10.9 Å². The van der Waals surface area contributed by atoms with Crippen molar-refractivity contribution in [1.82, 2.24) is 15.0 Å². The molecule has 0 aliphatic rings. The van der Waals surface area contributed by atoms with Gasteiger partial charge in [-0.2, -0.15) is 9.97 Å². The second-order valence-electron chi connectivity index (χ2n) is 6.88. The molecule has 36 heavy (non-hydrogen) atoms. The summed E-state index contributed by atoms with van der Waals surface area (Å²) in [6, 6.07) is 13.5. The fraction of sp³-hybridized carbons (Fsp3) is 0.0952. The second kappa shape index (κ2) is 11.3. The van der Waals surface area contributed by atoms with Crippen LogP contribution in [-0.4, -0.2) is 42.5 Å². The zero-order valence-electron chi connectivity index (χ0n) is 18.7. The molecule has 0 aliphatic heterocycles. The van der Waals surface area contributed by atoms with E-state index in [1.807, 2.05) is 0 Å². The molecule has 2 aromatic heterocycles. The van der Waals surface area contributed by atoms with Gasteiger partial charge in [0, 0.05) is 34.8 Å². The molecule has 15 heteroatoms. The summed E-state index contributed by atoms with van der Waals surface area (Å²) in [6.07, 6.45) is 0. The van der Waals surface area contributed by atoms with Crippen LogP contribution < -0.4 is 36.5 Å². The molecule has 0 amide bonds. The van der Waals surface area contributed by atoms with E-state index >= 15 is 0 Å². The number of ether oxygens (including phenoxy) is 2. The number of nitro groups is 1. The number of nitro benzene ring substituents is 1. The maximum atomic E-state index is 12.8. The predicted molar refractivity (Wildman–Crippen MR) is 130 cm³/mol. The minimum Gasteiger partial charge on any atom is -1.00 e. The van der Waals surface area contributed by atoms with Crippen molar-refractivity contribution in [3.63, 3.8) is 0 Å². The molecule has 0 unspecified atom stereocenters. The molecule has 0 radical (unpaired) electrons. The average molecular weight is 594 g/mol. The number of non-ortho nitro benzene ring substituents is 1. The monoisotopic (exact) mass is 593 g/mol. The van der Waals surface area contributed by atoms with E-state index in [1.54, 1.807) is 29.6 Å². The quantitative estimate of drug-likeness (QED) is 0.212. The van der Waals surface area contributed by atoms with Crippen molar-refractivity contribution in [2.24, 2.45) is 0 Å². The first-order valence-corrected chi connectivity index (χ1v) is 12.2. The van der Waals surface area contributed by atoms with Crippen LogP contribution in [0.1, 0.15) is 0 Å². The molecule has 4 rings (SSSR count). The minimum atomic E-state index is -3.94. The molecule has 0 aliphatic carbocycles. The molecule has 0 atom stereocenters. The standard InChI is InChI=1S/C21H18N6O6S2.BrH/c1-32-19-11-18(24-20(25-19)33-2)26-35(30,31)16-8-6-14(7-9-16)22-21-23-17(12-34-21)13-4-3-5-15(10-13)27(28)29;/h3-12H,1-2H3,(H,22,23)(H,24,25,26);1H/p-1. The first kappa shape index (κ1) is 26.8. The van der Waals surface area contributed by atoms with Gasteiger partial charge in [-0.1, -0.05) is 12.1 Å². The van der Waals surface area contributed by atoms with E-state index in [9.17, 15) is 18.5 Å². The highest BCUT2D eigenvalue weighted by Crippen LogP contribution is 2.29. The van der Waals surface area contributed by atoms with Crippen LogP contribution in [0.2, 0.25) is 0 Å². The zero-order chi connectivity index (χ0) is 25.0. The molecule has 0 spiro atoms. The number of sulfonamides is 1. The Hall–Kier alpha value is -3.82. The molecule has 2 heterocycles. The largest absolute Gasteiger partial charge is 1.00 e. The van der Waals surface area contributed by atoms with Crippen LogP contribution >= 0.6 is 11.3 Å². The van der Waals surface area contributed by atoms with Crippen molar-refractivity contribution >= 4 is 43.7 Å². The van der Waals surface area contributed by atoms with Gasteiger partial charge < -0.3 is 31.8 Å². The third-order valence-electron chi connectivity index (χ3n) is 4.59. The summed E-state index contributed by atoms with van der Waals surface area (Å²) in [7, 11) is -1.20. The minimum absolute atomic E-state index is 0. The fourth-order valence-corrected chi connectivity index (χ4v) is 4.66. The van der Waals surface area contributed by atoms with Gasteiger partial charge >= 0.3 is 6.01 Å². The van der Waals surface area contributed by atoms with E-state index in [-0.39, 0.29) is 45.3 Å². The number of methoxy groups -OCH3 is 2. The number of benzene rings is 2. The lowest BCUT2D eigenvalue weighted by Crippen LogP contribution is -3.00. The Morgan fingerprint density at radius 3 is 2.42 bits per heavy atom. The van der Waals surface area contributed by atoms with E-state index in [2.05, 4.69) is 25.0 Å². The van der Waals surface area contributed by atoms with Gasteiger partial charge in [0.05, 0.1) is 29.7 Å². The summed E-state index contributed by atoms with van der Waals surface area (Å²) < 4.78 is 37.9. The lowest BCUT2D eigenvalue weighted by molar-refractivity contribution is -0.384. The number of nitrogens with zero attached hydrogens (tertiary/aromatic N) is 4. The Kier molecular flexibility index (Phi) is 8.39. The van der Waals surface area contributed by atoms with Crippen molar-refractivity contribution < 1.29 is 39.8 Å². The Morgan fingerprint density at radius 1 is 1.00 bits per heavy atom. The summed E-state index contributed by atoms with van der Waals surface area (Å²) in [4.78, 5) is 22.9. The highest BCUT2D eigenvalue weighted by atomic mass is 79.9. The van der Waals surface area contributed by atoms with Crippen LogP contribution in [0, 0.1) is 10.1 Å². The van der Waals surface area contributed by atoms with E-state index in [4.69, 9.17) is 9.47 Å². The van der Waals surface area contributed by atoms with E-state index < -0.39 is 14.9 Å². The number of halogens is 1. The summed E-state index contributed by atoms with van der Waals surface area (Å²) in [5.41, 5.74) is 1.79. The van der Waals surface area contributed by atoms with Gasteiger partial charge in [-0.05, 0) is 24.3 Å². The van der Waals surface area contributed by atoms with Gasteiger partial charge in [0.1, 0.15) is 0 Å². The lowest BCUT2D eigenvalue weighted by Gasteiger charge is -2.10. The van der Waals surface area contributed by atoms with Gasteiger partial charge in [-0.3, -0.25) is 14.8 Å². The van der Waals surface area contributed by atoms with Crippen molar-refractivity contribution in [3.8, 4) is 23.1 Å². The third kappa shape index (κ3) is 6.24. The van der Waals surface area contributed by atoms with Crippen LogP contribution in [0.25, 0.3) is 11.3 Å². The van der Waals surface area contributed by atoms with Crippen molar-refractivity contribution in [2.45, 2.75) is 4.90 Å². The highest BCUT2D eigenvalue weighted by molar-refractivity contribution is 7.92. The van der Waals surface area contributed by atoms with Gasteiger partial charge in [-0.15, -0.1) is 11.3 Å². The lowest BCUT2D eigenvalue weighted by atomic mass is 10.1. The number of hydrogen-bond acceptors (Lipinski definition) is 11. The SMILES string of the molecule is COc1cc(NS(=O)(=O)c2ccc(Nc3nc(-c4cccc([N+](=O)[O-])c4)cs3)cc2)nc(OC)n1.[Br-]. The molecule has 0 bridgehead atoms. The van der Waals surface area contributed by atoms with Crippen LogP contribution in [0.4, 0.5) is 22.3 Å². The van der Waals surface area contributed by atoms with Crippen molar-refractivity contribution in [3.05, 3.63) is 70.1 Å². The molecule has 188 valence electrons. The molecule has 12 nitrogen and oxygen atoms in total. The van der Waals surface area contributed by atoms with Crippen LogP contribution in [0.3, 0.4) is 0 Å². The van der Waals surface area contributed by atoms with Gasteiger partial charge in [0.25, 0.3) is 15.7 Å². The maximum Gasteiger partial charge on any atom is 0.321 e. The number of nitrogens with one attached hydrogen (secondary N) is 2. The Labute approximate surface area is 220 Å². The average Bonchev–Trinajstić information content (AvgIpc) is 3.32. The van der Waals surface area contributed by atoms with Crippen LogP contribution in [-0.2, 0) is 10.0 Å². The molecule has 0 saturated heterocycles. The van der Waals surface area contributed by atoms with E-state index in [0.29, 0.717) is 22.1 Å². The third-order valence-corrected chi connectivity index (χ3v) is 6.71. The molecule has 2 N–H and O–H groups in total. The first-order valence-electron chi connectivity index (χ1n) is 9.85. The zero-order valence-corrected chi connectivity index (χ0v) is 21.9. The molecule has 0 saturated carbocycles. The summed E-state index contributed by atoms with van der Waals surface area (Å²) in [6.45, 7) is 0. The van der Waals surface area contributed by atoms with Crippen LogP contribution in [0.15, 0.2) is 64.9 Å². The summed E-state index contributed by atoms with van der Waals surface area (Å²) in [5.74, 6) is 0.134. The normalized spacial score (nSPS) is 10.7. The maximum absolute atomic E-state index is 12.8. The molecule has 4 aromatic rings.